The van der Waals surface area contributed by atoms with Gasteiger partial charge in [0.1, 0.15) is 17.5 Å². The molecule has 1 aromatic rings. The van der Waals surface area contributed by atoms with Gasteiger partial charge in [0.2, 0.25) is 0 Å². The summed E-state index contributed by atoms with van der Waals surface area (Å²) in [6.07, 6.45) is -0.252. The Balaban J connectivity index is 3.26. The zero-order valence-electron chi connectivity index (χ0n) is 10.5. The number of nitrogens with two attached hydrogens (primary N) is 2. The topological polar surface area (TPSA) is 104 Å². The van der Waals surface area contributed by atoms with Crippen molar-refractivity contribution in [3.8, 4) is 0 Å². The Morgan fingerprint density at radius 3 is 2.29 bits per heavy atom. The van der Waals surface area contributed by atoms with Crippen LogP contribution in [0.2, 0.25) is 0 Å². The highest BCUT2D eigenvalue weighted by Gasteiger charge is 2.22. The lowest BCUT2D eigenvalue weighted by atomic mass is 10.1. The van der Waals surface area contributed by atoms with Crippen LogP contribution < -0.4 is 11.5 Å². The fourth-order valence-corrected chi connectivity index (χ4v) is 1.72. The van der Waals surface area contributed by atoms with E-state index in [9.17, 15) is 4.79 Å². The predicted octanol–water partition coefficient (Wildman–Crippen LogP) is 0.810. The van der Waals surface area contributed by atoms with E-state index in [0.29, 0.717) is 11.5 Å². The Hall–Kier alpha value is -1.69. The van der Waals surface area contributed by atoms with Gasteiger partial charge in [0.15, 0.2) is 5.82 Å². The number of hydrogen-bond donors (Lipinski definition) is 2. The van der Waals surface area contributed by atoms with Crippen LogP contribution in [0.15, 0.2) is 0 Å². The number of amides is 1. The molecule has 1 amide bonds. The largest absolute Gasteiger partial charge is 0.383 e. The van der Waals surface area contributed by atoms with Crippen LogP contribution in [0.1, 0.15) is 41.8 Å². The minimum Gasteiger partial charge on any atom is -0.383 e. The second kappa shape index (κ2) is 5.09. The first-order chi connectivity index (χ1) is 7.88. The molecule has 0 aliphatic carbocycles. The second-order valence-electron chi connectivity index (χ2n) is 4.19. The molecule has 0 radical (unpaired) electrons. The van der Waals surface area contributed by atoms with E-state index in [1.165, 1.54) is 0 Å². The van der Waals surface area contributed by atoms with Gasteiger partial charge in [0, 0.05) is 7.11 Å². The third-order valence-corrected chi connectivity index (χ3v) is 2.50. The standard InChI is InChI=1S/C11H18N4O2/c1-5(2)8(17-4)11-14-6(3)7(10(13)16)9(12)15-11/h5,8H,1-4H3,(H2,13,16)(H2,12,14,15). The van der Waals surface area contributed by atoms with Gasteiger partial charge in [0.05, 0.1) is 5.69 Å². The van der Waals surface area contributed by atoms with E-state index in [-0.39, 0.29) is 23.4 Å². The van der Waals surface area contributed by atoms with Gasteiger partial charge in [-0.1, -0.05) is 13.8 Å². The van der Waals surface area contributed by atoms with Crippen LogP contribution in [0.4, 0.5) is 5.82 Å². The maximum Gasteiger partial charge on any atom is 0.254 e. The first-order valence-corrected chi connectivity index (χ1v) is 5.35. The quantitative estimate of drug-likeness (QED) is 0.807. The molecule has 0 aliphatic heterocycles. The van der Waals surface area contributed by atoms with Crippen LogP contribution in [0.5, 0.6) is 0 Å². The molecule has 1 aromatic heterocycles. The fourth-order valence-electron chi connectivity index (χ4n) is 1.72. The summed E-state index contributed by atoms with van der Waals surface area (Å²) in [5.74, 6) is 0.161. The van der Waals surface area contributed by atoms with Crippen molar-refractivity contribution in [1.29, 1.82) is 0 Å². The number of hydrogen-bond acceptors (Lipinski definition) is 5. The summed E-state index contributed by atoms with van der Waals surface area (Å²) in [7, 11) is 1.58. The number of nitrogens with zero attached hydrogens (tertiary/aromatic N) is 2. The minimum atomic E-state index is -0.620. The van der Waals surface area contributed by atoms with Crippen LogP contribution in [0, 0.1) is 12.8 Å². The predicted molar refractivity (Wildman–Crippen MR) is 64.3 cm³/mol. The van der Waals surface area contributed by atoms with Crippen molar-refractivity contribution >= 4 is 11.7 Å². The summed E-state index contributed by atoms with van der Waals surface area (Å²) in [6, 6.07) is 0. The van der Waals surface area contributed by atoms with Gasteiger partial charge in [-0.05, 0) is 12.8 Å². The van der Waals surface area contributed by atoms with Crippen LogP contribution >= 0.6 is 0 Å². The number of methoxy groups -OCH3 is 1. The Labute approximate surface area is 100 Å². The third-order valence-electron chi connectivity index (χ3n) is 2.50. The minimum absolute atomic E-state index is 0.0997. The molecule has 0 aromatic carbocycles. The van der Waals surface area contributed by atoms with Crippen molar-refractivity contribution in [2.24, 2.45) is 11.7 Å². The lowest BCUT2D eigenvalue weighted by molar-refractivity contribution is 0.0574. The number of primary amides is 1. The molecule has 0 fully saturated rings. The average Bonchev–Trinajstić information content (AvgIpc) is 2.15. The molecule has 1 atom stereocenters. The molecule has 1 rings (SSSR count). The van der Waals surface area contributed by atoms with E-state index in [4.69, 9.17) is 16.2 Å². The monoisotopic (exact) mass is 238 g/mol. The number of anilines is 1. The summed E-state index contributed by atoms with van der Waals surface area (Å²) in [4.78, 5) is 19.5. The summed E-state index contributed by atoms with van der Waals surface area (Å²) in [5, 5.41) is 0. The maximum atomic E-state index is 11.2. The summed E-state index contributed by atoms with van der Waals surface area (Å²) < 4.78 is 5.31. The number of carbonyl (C=O) groups excluding carboxylic acids is 1. The van der Waals surface area contributed by atoms with Crippen molar-refractivity contribution in [2.45, 2.75) is 26.9 Å². The molecule has 0 spiro atoms. The smallest absolute Gasteiger partial charge is 0.254 e. The van der Waals surface area contributed by atoms with Crippen molar-refractivity contribution in [3.63, 3.8) is 0 Å². The molecule has 1 unspecified atom stereocenters. The van der Waals surface area contributed by atoms with Gasteiger partial charge in [-0.15, -0.1) is 0 Å². The molecule has 94 valence electrons. The van der Waals surface area contributed by atoms with Crippen LogP contribution in [-0.4, -0.2) is 23.0 Å². The highest BCUT2D eigenvalue weighted by Crippen LogP contribution is 2.24. The van der Waals surface area contributed by atoms with Crippen molar-refractivity contribution in [2.75, 3.05) is 12.8 Å². The SMILES string of the molecule is COC(c1nc(C)c(C(N)=O)c(N)n1)C(C)C. The van der Waals surface area contributed by atoms with Gasteiger partial charge in [-0.2, -0.15) is 0 Å². The first-order valence-electron chi connectivity index (χ1n) is 5.35. The van der Waals surface area contributed by atoms with Crippen molar-refractivity contribution in [1.82, 2.24) is 9.97 Å². The Morgan fingerprint density at radius 2 is 1.94 bits per heavy atom. The Morgan fingerprint density at radius 1 is 1.35 bits per heavy atom. The molecule has 6 heteroatoms. The average molecular weight is 238 g/mol. The van der Waals surface area contributed by atoms with Crippen molar-refractivity contribution in [3.05, 3.63) is 17.1 Å². The molecule has 4 N–H and O–H groups in total. The molecular formula is C11H18N4O2. The zero-order chi connectivity index (χ0) is 13.2. The van der Waals surface area contributed by atoms with E-state index in [2.05, 4.69) is 9.97 Å². The lowest BCUT2D eigenvalue weighted by Gasteiger charge is -2.19. The molecule has 1 heterocycles. The summed E-state index contributed by atoms with van der Waals surface area (Å²) in [5.41, 5.74) is 11.6. The highest BCUT2D eigenvalue weighted by atomic mass is 16.5. The van der Waals surface area contributed by atoms with Gasteiger partial charge >= 0.3 is 0 Å². The maximum absolute atomic E-state index is 11.2. The molecule has 0 bridgehead atoms. The molecule has 6 nitrogen and oxygen atoms in total. The van der Waals surface area contributed by atoms with Gasteiger partial charge in [0.25, 0.3) is 5.91 Å². The highest BCUT2D eigenvalue weighted by molar-refractivity contribution is 5.98. The first kappa shape index (κ1) is 13.4. The number of nitrogen functional groups attached to an aromatic ring is 1. The lowest BCUT2D eigenvalue weighted by Crippen LogP contribution is -2.21. The molecular weight excluding hydrogens is 220 g/mol. The number of aryl methyl sites for hydroxylation is 1. The van der Waals surface area contributed by atoms with Gasteiger partial charge < -0.3 is 16.2 Å². The Kier molecular flexibility index (Phi) is 4.01. The normalized spacial score (nSPS) is 12.8. The van der Waals surface area contributed by atoms with E-state index in [1.54, 1.807) is 14.0 Å². The van der Waals surface area contributed by atoms with E-state index in [1.807, 2.05) is 13.8 Å². The van der Waals surface area contributed by atoms with Crippen molar-refractivity contribution < 1.29 is 9.53 Å². The van der Waals surface area contributed by atoms with Crippen LogP contribution in [0.25, 0.3) is 0 Å². The fraction of sp³-hybridized carbons (Fsp3) is 0.545. The van der Waals surface area contributed by atoms with Gasteiger partial charge in [-0.3, -0.25) is 4.79 Å². The zero-order valence-corrected chi connectivity index (χ0v) is 10.5. The molecule has 17 heavy (non-hydrogen) atoms. The van der Waals surface area contributed by atoms with Crippen LogP contribution in [0.3, 0.4) is 0 Å². The molecule has 0 aliphatic rings. The molecule has 0 saturated heterocycles. The number of ether oxygens (including phenoxy) is 1. The number of rotatable bonds is 4. The van der Waals surface area contributed by atoms with E-state index < -0.39 is 5.91 Å². The third kappa shape index (κ3) is 2.71. The summed E-state index contributed by atoms with van der Waals surface area (Å²) >= 11 is 0. The second-order valence-corrected chi connectivity index (χ2v) is 4.19. The van der Waals surface area contributed by atoms with Crippen LogP contribution in [-0.2, 0) is 4.74 Å². The number of carbonyl (C=O) groups is 1. The molecule has 0 saturated carbocycles. The Bertz CT molecular complexity index is 408. The summed E-state index contributed by atoms with van der Waals surface area (Å²) in [6.45, 7) is 5.66. The van der Waals surface area contributed by atoms with Gasteiger partial charge in [-0.25, -0.2) is 9.97 Å². The van der Waals surface area contributed by atoms with E-state index >= 15 is 0 Å². The van der Waals surface area contributed by atoms with E-state index in [0.717, 1.165) is 0 Å². The number of aromatic nitrogens is 2.